The topological polar surface area (TPSA) is 125 Å². The van der Waals surface area contributed by atoms with Crippen LogP contribution in [0.15, 0.2) is 53.1 Å². The fourth-order valence-corrected chi connectivity index (χ4v) is 4.18. The van der Waals surface area contributed by atoms with E-state index in [0.717, 1.165) is 35.5 Å². The maximum Gasteiger partial charge on any atom is 0.436 e. The summed E-state index contributed by atoms with van der Waals surface area (Å²) in [5, 5.41) is 22.2. The lowest BCUT2D eigenvalue weighted by molar-refractivity contribution is -0.142. The molecule has 0 aliphatic carbocycles. The number of hydrogen-bond donors (Lipinski definition) is 3. The molecule has 2 amide bonds. The molecule has 0 saturated carbocycles. The number of hydrogen-bond acceptors (Lipinski definition) is 7. The van der Waals surface area contributed by atoms with Crippen molar-refractivity contribution in [3.63, 3.8) is 0 Å². The Morgan fingerprint density at radius 2 is 1.69 bits per heavy atom. The third kappa shape index (κ3) is 6.92. The minimum absolute atomic E-state index is 0.333. The van der Waals surface area contributed by atoms with Crippen LogP contribution in [0, 0.1) is 11.8 Å². The number of carbonyl (C=O) groups is 1. The van der Waals surface area contributed by atoms with Crippen molar-refractivity contribution in [2.75, 3.05) is 28.6 Å². The Balaban J connectivity index is 1.72. The number of rotatable bonds is 9. The summed E-state index contributed by atoms with van der Waals surface area (Å²) in [6.45, 7) is 9.86. The van der Waals surface area contributed by atoms with Crippen LogP contribution >= 0.6 is 0 Å². The van der Waals surface area contributed by atoms with E-state index in [2.05, 4.69) is 73.5 Å². The van der Waals surface area contributed by atoms with Crippen LogP contribution in [0.2, 0.25) is 0 Å². The molecule has 2 aromatic heterocycles. The number of benzene rings is 2. The molecule has 2 aromatic carbocycles. The van der Waals surface area contributed by atoms with Crippen LogP contribution in [0.5, 0.6) is 0 Å². The molecule has 4 aromatic rings. The lowest BCUT2D eigenvalue weighted by Crippen LogP contribution is -2.32. The Labute approximate surface area is 223 Å². The van der Waals surface area contributed by atoms with Gasteiger partial charge >= 0.3 is 12.2 Å². The number of aromatic amines is 1. The number of amides is 2. The number of H-pyrrole nitrogens is 1. The van der Waals surface area contributed by atoms with Gasteiger partial charge in [-0.1, -0.05) is 63.2 Å². The number of carbonyl (C=O) groups excluding carboxylic acids is 1. The van der Waals surface area contributed by atoms with Crippen LogP contribution in [0.25, 0.3) is 22.5 Å². The van der Waals surface area contributed by atoms with Crippen molar-refractivity contribution in [3.8, 4) is 22.5 Å². The largest absolute Gasteiger partial charge is 0.436 e. The lowest BCUT2D eigenvalue weighted by atomic mass is 9.98. The van der Waals surface area contributed by atoms with Gasteiger partial charge in [0.05, 0.1) is 11.4 Å². The normalized spacial score (nSPS) is 11.7. The van der Waals surface area contributed by atoms with Gasteiger partial charge in [0, 0.05) is 24.7 Å². The number of nitrogens with zero attached hydrogens (tertiary/aromatic N) is 5. The fourth-order valence-electron chi connectivity index (χ4n) is 4.18. The molecule has 3 N–H and O–H groups in total. The van der Waals surface area contributed by atoms with Crippen LogP contribution in [0.1, 0.15) is 33.4 Å². The molecular formula is C26H29F3N8O2. The smallest absolute Gasteiger partial charge is 0.369 e. The Hall–Kier alpha value is -4.42. The molecule has 0 fully saturated rings. The molecule has 0 atom stereocenters. The summed E-state index contributed by atoms with van der Waals surface area (Å²) >= 11 is 0. The molecule has 10 nitrogen and oxygen atoms in total. The average molecular weight is 543 g/mol. The molecule has 0 bridgehead atoms. The summed E-state index contributed by atoms with van der Waals surface area (Å²) in [5.74, 6) is 0.718. The summed E-state index contributed by atoms with van der Waals surface area (Å²) < 4.78 is 43.4. The molecule has 206 valence electrons. The van der Waals surface area contributed by atoms with Gasteiger partial charge < -0.3 is 14.7 Å². The first-order valence-corrected chi connectivity index (χ1v) is 12.4. The van der Waals surface area contributed by atoms with Gasteiger partial charge in [-0.2, -0.15) is 13.2 Å². The number of halogens is 3. The lowest BCUT2D eigenvalue weighted by Gasteiger charge is -2.30. The monoisotopic (exact) mass is 542 g/mol. The van der Waals surface area contributed by atoms with E-state index in [4.69, 9.17) is 0 Å². The zero-order valence-electron chi connectivity index (χ0n) is 21.9. The molecule has 0 aliphatic rings. The fraction of sp³-hybridized carbons (Fsp3) is 0.346. The van der Waals surface area contributed by atoms with Crippen LogP contribution < -0.4 is 15.5 Å². The summed E-state index contributed by atoms with van der Waals surface area (Å²) in [6, 6.07) is 13.0. The van der Waals surface area contributed by atoms with Crippen molar-refractivity contribution >= 4 is 23.3 Å². The molecule has 0 aliphatic heterocycles. The summed E-state index contributed by atoms with van der Waals surface area (Å²) in [4.78, 5) is 15.1. The van der Waals surface area contributed by atoms with E-state index in [1.165, 1.54) is 0 Å². The molecule has 0 spiro atoms. The van der Waals surface area contributed by atoms with Crippen molar-refractivity contribution in [2.24, 2.45) is 11.8 Å². The van der Waals surface area contributed by atoms with Gasteiger partial charge in [0.1, 0.15) is 0 Å². The molecule has 39 heavy (non-hydrogen) atoms. The second-order valence-corrected chi connectivity index (χ2v) is 9.87. The quantitative estimate of drug-likeness (QED) is 0.227. The van der Waals surface area contributed by atoms with Crippen molar-refractivity contribution in [3.05, 3.63) is 54.2 Å². The van der Waals surface area contributed by atoms with E-state index in [9.17, 15) is 18.0 Å². The molecule has 0 saturated heterocycles. The number of alkyl halides is 3. The third-order valence-corrected chi connectivity index (χ3v) is 5.63. The summed E-state index contributed by atoms with van der Waals surface area (Å²) in [6.07, 6.45) is -4.69. The molecule has 2 heterocycles. The van der Waals surface area contributed by atoms with Crippen LogP contribution in [0.3, 0.4) is 0 Å². The maximum absolute atomic E-state index is 12.9. The van der Waals surface area contributed by atoms with E-state index in [0.29, 0.717) is 29.4 Å². The van der Waals surface area contributed by atoms with Crippen LogP contribution in [-0.4, -0.2) is 44.9 Å². The SMILES string of the molecule is CC(C)CN(CC(C)C)c1ccc(-c2ccccc2-c2nnn[nH]2)cc1NC(=O)Nc1cc(C(F)(F)F)no1. The highest BCUT2D eigenvalue weighted by atomic mass is 19.4. The second kappa shape index (κ2) is 11.5. The number of urea groups is 1. The van der Waals surface area contributed by atoms with E-state index >= 15 is 0 Å². The van der Waals surface area contributed by atoms with Crippen molar-refractivity contribution < 1.29 is 22.5 Å². The van der Waals surface area contributed by atoms with Gasteiger partial charge in [-0.15, -0.1) is 5.10 Å². The first kappa shape index (κ1) is 27.6. The molecule has 13 heteroatoms. The van der Waals surface area contributed by atoms with Gasteiger partial charge in [0.25, 0.3) is 0 Å². The Morgan fingerprint density at radius 3 is 2.28 bits per heavy atom. The second-order valence-electron chi connectivity index (χ2n) is 9.87. The van der Waals surface area contributed by atoms with E-state index in [1.807, 2.05) is 42.5 Å². The zero-order valence-corrected chi connectivity index (χ0v) is 21.9. The predicted molar refractivity (Wildman–Crippen MR) is 141 cm³/mol. The van der Waals surface area contributed by atoms with Gasteiger partial charge in [-0.25, -0.2) is 9.89 Å². The van der Waals surface area contributed by atoms with Gasteiger partial charge in [0.15, 0.2) is 11.5 Å². The molecule has 0 unspecified atom stereocenters. The number of anilines is 3. The standard InChI is InChI=1S/C26H29F3N8O2/c1-15(2)13-37(14-16(3)4)21-10-9-17(18-7-5-6-8-19(18)24-32-35-36-33-24)11-20(21)30-25(38)31-23-12-22(34-39-23)26(27,28)29/h5-12,15-16H,13-14H2,1-4H3,(H2,30,31,38)(H,32,33,35,36). The Kier molecular flexibility index (Phi) is 8.17. The minimum atomic E-state index is -4.69. The third-order valence-electron chi connectivity index (χ3n) is 5.63. The van der Waals surface area contributed by atoms with Crippen LogP contribution in [-0.2, 0) is 6.18 Å². The average Bonchev–Trinajstić information content (AvgIpc) is 3.55. The summed E-state index contributed by atoms with van der Waals surface area (Å²) in [7, 11) is 0. The summed E-state index contributed by atoms with van der Waals surface area (Å²) in [5.41, 5.74) is 2.34. The molecule has 0 radical (unpaired) electrons. The first-order chi connectivity index (χ1) is 18.5. The van der Waals surface area contributed by atoms with Crippen molar-refractivity contribution in [1.82, 2.24) is 25.8 Å². The number of tetrazole rings is 1. The van der Waals surface area contributed by atoms with Crippen molar-refractivity contribution in [2.45, 2.75) is 33.9 Å². The first-order valence-electron chi connectivity index (χ1n) is 12.4. The minimum Gasteiger partial charge on any atom is -0.369 e. The van der Waals surface area contributed by atoms with E-state index < -0.39 is 23.8 Å². The maximum atomic E-state index is 12.9. The highest BCUT2D eigenvalue weighted by Crippen LogP contribution is 2.36. The predicted octanol–water partition coefficient (Wildman–Crippen LogP) is 6.30. The van der Waals surface area contributed by atoms with Gasteiger partial charge in [-0.05, 0) is 45.5 Å². The van der Waals surface area contributed by atoms with Crippen molar-refractivity contribution in [1.29, 1.82) is 0 Å². The highest BCUT2D eigenvalue weighted by molar-refractivity contribution is 6.02. The molecular weight excluding hydrogens is 513 g/mol. The van der Waals surface area contributed by atoms with Gasteiger partial charge in [0.2, 0.25) is 5.88 Å². The number of aromatic nitrogens is 5. The van der Waals surface area contributed by atoms with E-state index in [-0.39, 0.29) is 0 Å². The highest BCUT2D eigenvalue weighted by Gasteiger charge is 2.35. The van der Waals surface area contributed by atoms with Crippen LogP contribution in [0.4, 0.5) is 35.2 Å². The van der Waals surface area contributed by atoms with E-state index in [1.54, 1.807) is 0 Å². The Bertz CT molecular complexity index is 1390. The van der Waals surface area contributed by atoms with Gasteiger partial charge in [-0.3, -0.25) is 5.32 Å². The number of nitrogens with one attached hydrogen (secondary N) is 3. The zero-order chi connectivity index (χ0) is 28.2. The molecule has 4 rings (SSSR count). The Morgan fingerprint density at radius 1 is 1.00 bits per heavy atom.